The molecule has 19 heavy (non-hydrogen) atoms. The molecule has 0 aliphatic heterocycles. The molecule has 1 aliphatic carbocycles. The van der Waals surface area contributed by atoms with E-state index in [-0.39, 0.29) is 16.0 Å². The van der Waals surface area contributed by atoms with E-state index in [9.17, 15) is 12.8 Å². The van der Waals surface area contributed by atoms with Gasteiger partial charge in [0.25, 0.3) is 0 Å². The Bertz CT molecular complexity index is 568. The predicted octanol–water partition coefficient (Wildman–Crippen LogP) is 2.27. The van der Waals surface area contributed by atoms with Crippen LogP contribution in [-0.4, -0.2) is 15.0 Å². The number of hydrogen-bond donors (Lipinski definition) is 2. The van der Waals surface area contributed by atoms with Crippen LogP contribution in [0.1, 0.15) is 32.6 Å². The molecule has 1 saturated carbocycles. The molecule has 0 heterocycles. The maximum Gasteiger partial charge on any atom is 0.243 e. The quantitative estimate of drug-likeness (QED) is 0.788. The van der Waals surface area contributed by atoms with Crippen molar-refractivity contribution in [2.45, 2.75) is 37.5 Å². The van der Waals surface area contributed by atoms with Crippen LogP contribution in [0.4, 0.5) is 10.1 Å². The number of benzene rings is 1. The van der Waals surface area contributed by atoms with E-state index in [4.69, 9.17) is 5.73 Å². The molecule has 106 valence electrons. The molecule has 1 aromatic carbocycles. The summed E-state index contributed by atoms with van der Waals surface area (Å²) in [6, 6.07) is 3.56. The number of rotatable bonds is 6. The third-order valence-corrected chi connectivity index (χ3v) is 5.04. The Kier molecular flexibility index (Phi) is 3.82. The lowest BCUT2D eigenvalue weighted by Gasteiger charge is -2.15. The normalized spacial score (nSPS) is 17.4. The molecule has 1 fully saturated rings. The van der Waals surface area contributed by atoms with Crippen molar-refractivity contribution >= 4 is 15.7 Å². The van der Waals surface area contributed by atoms with Crippen molar-refractivity contribution in [2.75, 3.05) is 12.3 Å². The molecule has 1 aromatic rings. The Balaban J connectivity index is 2.12. The topological polar surface area (TPSA) is 72.2 Å². The lowest BCUT2D eigenvalue weighted by atomic mass is 10.0. The molecule has 0 amide bonds. The fourth-order valence-corrected chi connectivity index (χ4v) is 3.54. The summed E-state index contributed by atoms with van der Waals surface area (Å²) in [6.45, 7) is 2.45. The first-order valence-corrected chi connectivity index (χ1v) is 7.92. The third kappa shape index (κ3) is 3.25. The number of nitrogens with one attached hydrogen (secondary N) is 1. The lowest BCUT2D eigenvalue weighted by Crippen LogP contribution is -2.31. The highest BCUT2D eigenvalue weighted by Gasteiger charge is 2.42. The second kappa shape index (κ2) is 5.09. The molecule has 3 N–H and O–H groups in total. The van der Waals surface area contributed by atoms with Crippen molar-refractivity contribution in [2.24, 2.45) is 5.41 Å². The van der Waals surface area contributed by atoms with E-state index in [1.807, 2.05) is 0 Å². The molecule has 0 spiro atoms. The van der Waals surface area contributed by atoms with Crippen molar-refractivity contribution in [3.8, 4) is 0 Å². The average Bonchev–Trinajstić information content (AvgIpc) is 3.11. The van der Waals surface area contributed by atoms with Gasteiger partial charge in [-0.3, -0.25) is 0 Å². The third-order valence-electron chi connectivity index (χ3n) is 3.62. The van der Waals surface area contributed by atoms with Gasteiger partial charge in [0.1, 0.15) is 10.7 Å². The molecule has 6 heteroatoms. The second-order valence-corrected chi connectivity index (χ2v) is 7.00. The van der Waals surface area contributed by atoms with Gasteiger partial charge in [-0.2, -0.15) is 0 Å². The van der Waals surface area contributed by atoms with Crippen LogP contribution in [0, 0.1) is 11.2 Å². The van der Waals surface area contributed by atoms with Crippen LogP contribution < -0.4 is 10.5 Å². The van der Waals surface area contributed by atoms with Crippen LogP contribution in [0.2, 0.25) is 0 Å². The maximum atomic E-state index is 13.6. The SMILES string of the molecule is CCCC1(CNS(=O)(=O)c2cc(N)ccc2F)CC1. The van der Waals surface area contributed by atoms with Crippen LogP contribution in [-0.2, 0) is 10.0 Å². The van der Waals surface area contributed by atoms with Gasteiger partial charge in [0.05, 0.1) is 0 Å². The smallest absolute Gasteiger partial charge is 0.243 e. The summed E-state index contributed by atoms with van der Waals surface area (Å²) in [4.78, 5) is -0.375. The minimum absolute atomic E-state index is 0.0820. The van der Waals surface area contributed by atoms with Crippen molar-refractivity contribution in [1.82, 2.24) is 4.72 Å². The zero-order valence-electron chi connectivity index (χ0n) is 10.9. The van der Waals surface area contributed by atoms with Gasteiger partial charge in [0, 0.05) is 12.2 Å². The molecule has 2 rings (SSSR count). The molecule has 4 nitrogen and oxygen atoms in total. The van der Waals surface area contributed by atoms with Crippen LogP contribution in [0.25, 0.3) is 0 Å². The maximum absolute atomic E-state index is 13.6. The molecular weight excluding hydrogens is 267 g/mol. The van der Waals surface area contributed by atoms with Crippen LogP contribution >= 0.6 is 0 Å². The van der Waals surface area contributed by atoms with Gasteiger partial charge < -0.3 is 5.73 Å². The molecule has 0 atom stereocenters. The number of hydrogen-bond acceptors (Lipinski definition) is 3. The Hall–Kier alpha value is -1.14. The first-order chi connectivity index (χ1) is 8.88. The minimum Gasteiger partial charge on any atom is -0.399 e. The Morgan fingerprint density at radius 2 is 2.11 bits per heavy atom. The summed E-state index contributed by atoms with van der Waals surface area (Å²) >= 11 is 0. The molecule has 0 aromatic heterocycles. The lowest BCUT2D eigenvalue weighted by molar-refractivity contribution is 0.448. The first-order valence-electron chi connectivity index (χ1n) is 6.43. The molecule has 1 aliphatic rings. The van der Waals surface area contributed by atoms with E-state index >= 15 is 0 Å². The van der Waals surface area contributed by atoms with Crippen LogP contribution in [0.3, 0.4) is 0 Å². The number of sulfonamides is 1. The van der Waals surface area contributed by atoms with E-state index < -0.39 is 15.8 Å². The van der Waals surface area contributed by atoms with E-state index in [2.05, 4.69) is 11.6 Å². The Morgan fingerprint density at radius 1 is 1.42 bits per heavy atom. The minimum atomic E-state index is -3.83. The van der Waals surface area contributed by atoms with Crippen molar-refractivity contribution in [3.63, 3.8) is 0 Å². The van der Waals surface area contributed by atoms with Gasteiger partial charge in [-0.25, -0.2) is 17.5 Å². The molecule has 0 unspecified atom stereocenters. The summed E-state index contributed by atoms with van der Waals surface area (Å²) in [7, 11) is -3.83. The van der Waals surface area contributed by atoms with Gasteiger partial charge in [-0.15, -0.1) is 0 Å². The first kappa shape index (κ1) is 14.3. The fourth-order valence-electron chi connectivity index (χ4n) is 2.27. The largest absolute Gasteiger partial charge is 0.399 e. The second-order valence-electron chi connectivity index (χ2n) is 5.26. The van der Waals surface area contributed by atoms with Crippen molar-refractivity contribution < 1.29 is 12.8 Å². The van der Waals surface area contributed by atoms with Crippen molar-refractivity contribution in [1.29, 1.82) is 0 Å². The molecule has 0 saturated heterocycles. The van der Waals surface area contributed by atoms with E-state index in [0.717, 1.165) is 37.8 Å². The number of nitrogens with two attached hydrogens (primary N) is 1. The Labute approximate surface area is 113 Å². The molecule has 0 bridgehead atoms. The predicted molar refractivity (Wildman–Crippen MR) is 72.6 cm³/mol. The monoisotopic (exact) mass is 286 g/mol. The molecular formula is C13H19FN2O2S. The highest BCUT2D eigenvalue weighted by atomic mass is 32.2. The zero-order chi connectivity index (χ0) is 14.1. The van der Waals surface area contributed by atoms with Gasteiger partial charge in [0.15, 0.2) is 0 Å². The standard InChI is InChI=1S/C13H19FN2O2S/c1-2-5-13(6-7-13)9-16-19(17,18)12-8-10(15)3-4-11(12)14/h3-4,8,16H,2,5-7,9,15H2,1H3. The zero-order valence-corrected chi connectivity index (χ0v) is 11.8. The summed E-state index contributed by atoms with van der Waals surface area (Å²) in [6.07, 6.45) is 4.08. The molecule has 0 radical (unpaired) electrons. The van der Waals surface area contributed by atoms with Crippen LogP contribution in [0.5, 0.6) is 0 Å². The van der Waals surface area contributed by atoms with Gasteiger partial charge >= 0.3 is 0 Å². The van der Waals surface area contributed by atoms with E-state index in [0.29, 0.717) is 6.54 Å². The summed E-state index contributed by atoms with van der Waals surface area (Å²) in [5.74, 6) is -0.776. The van der Waals surface area contributed by atoms with E-state index in [1.54, 1.807) is 0 Å². The summed E-state index contributed by atoms with van der Waals surface area (Å²) in [5, 5.41) is 0. The van der Waals surface area contributed by atoms with Gasteiger partial charge in [0.2, 0.25) is 10.0 Å². The summed E-state index contributed by atoms with van der Waals surface area (Å²) in [5.41, 5.74) is 5.82. The summed E-state index contributed by atoms with van der Waals surface area (Å²) < 4.78 is 40.2. The number of nitrogen functional groups attached to an aromatic ring is 1. The Morgan fingerprint density at radius 3 is 2.68 bits per heavy atom. The highest BCUT2D eigenvalue weighted by Crippen LogP contribution is 2.49. The van der Waals surface area contributed by atoms with Gasteiger partial charge in [-0.1, -0.05) is 13.3 Å². The average molecular weight is 286 g/mol. The number of anilines is 1. The fraction of sp³-hybridized carbons (Fsp3) is 0.538. The van der Waals surface area contributed by atoms with E-state index in [1.165, 1.54) is 6.07 Å². The number of halogens is 1. The van der Waals surface area contributed by atoms with Crippen molar-refractivity contribution in [3.05, 3.63) is 24.0 Å². The highest BCUT2D eigenvalue weighted by molar-refractivity contribution is 7.89. The van der Waals surface area contributed by atoms with Gasteiger partial charge in [-0.05, 0) is 42.9 Å². The van der Waals surface area contributed by atoms with Crippen LogP contribution in [0.15, 0.2) is 23.1 Å².